The monoisotopic (exact) mass is 346 g/mol. The van der Waals surface area contributed by atoms with Crippen molar-refractivity contribution in [3.05, 3.63) is 60.2 Å². The molecule has 132 valence electrons. The summed E-state index contributed by atoms with van der Waals surface area (Å²) in [6.07, 6.45) is 11.2. The lowest BCUT2D eigenvalue weighted by Crippen LogP contribution is -2.26. The lowest BCUT2D eigenvalue weighted by atomic mass is 9.98. The van der Waals surface area contributed by atoms with E-state index in [1.165, 1.54) is 28.7 Å². The van der Waals surface area contributed by atoms with E-state index in [4.69, 9.17) is 0 Å². The van der Waals surface area contributed by atoms with E-state index in [-0.39, 0.29) is 12.5 Å². The fourth-order valence-electron chi connectivity index (χ4n) is 3.47. The number of likely N-dealkylation sites (N-methyl/N-ethyl adjacent to an activating group) is 1. The Balaban J connectivity index is 1.57. The molecule has 3 aromatic rings. The van der Waals surface area contributed by atoms with Gasteiger partial charge in [0, 0.05) is 43.8 Å². The number of pyridine rings is 1. The second-order valence-corrected chi connectivity index (χ2v) is 6.97. The summed E-state index contributed by atoms with van der Waals surface area (Å²) < 4.78 is 1.68. The molecule has 0 aliphatic heterocycles. The molecule has 5 nitrogen and oxygen atoms in total. The third kappa shape index (κ3) is 3.12. The molecule has 1 amide bonds. The molecule has 4 rings (SSSR count). The highest BCUT2D eigenvalue weighted by molar-refractivity contribution is 5.76. The summed E-state index contributed by atoms with van der Waals surface area (Å²) in [6, 6.07) is 8.51. The Bertz CT molecular complexity index is 941. The zero-order valence-corrected chi connectivity index (χ0v) is 15.1. The quantitative estimate of drug-likeness (QED) is 0.729. The van der Waals surface area contributed by atoms with Gasteiger partial charge >= 0.3 is 0 Å². The SMILES string of the molecule is CN(C)C(=O)Cn1cc(-c2ccc(-c3cncc4c3CCC4)cc2)cn1. The Morgan fingerprint density at radius 2 is 1.81 bits per heavy atom. The Morgan fingerprint density at radius 1 is 1.04 bits per heavy atom. The molecule has 0 bridgehead atoms. The Labute approximate surface area is 153 Å². The third-order valence-electron chi connectivity index (χ3n) is 4.98. The van der Waals surface area contributed by atoms with Gasteiger partial charge in [-0.05, 0) is 41.5 Å². The molecule has 0 unspecified atom stereocenters. The van der Waals surface area contributed by atoms with Crippen molar-refractivity contribution in [1.29, 1.82) is 0 Å². The standard InChI is InChI=1S/C21H22N4O/c1-24(2)21(26)14-25-13-18(11-23-25)15-6-8-16(9-7-15)20-12-22-10-17-4-3-5-19(17)20/h6-13H,3-5,14H2,1-2H3. The normalized spacial score (nSPS) is 12.8. The second kappa shape index (κ2) is 6.75. The molecule has 0 saturated heterocycles. The molecule has 0 radical (unpaired) electrons. The minimum Gasteiger partial charge on any atom is -0.347 e. The number of nitrogens with zero attached hydrogens (tertiary/aromatic N) is 4. The molecule has 0 fully saturated rings. The highest BCUT2D eigenvalue weighted by Crippen LogP contribution is 2.32. The molecule has 2 heterocycles. The average molecular weight is 346 g/mol. The minimum absolute atomic E-state index is 0.0282. The first-order chi connectivity index (χ1) is 12.6. The largest absolute Gasteiger partial charge is 0.347 e. The van der Waals surface area contributed by atoms with Crippen molar-refractivity contribution in [2.45, 2.75) is 25.8 Å². The smallest absolute Gasteiger partial charge is 0.243 e. The molecular weight excluding hydrogens is 324 g/mol. The summed E-state index contributed by atoms with van der Waals surface area (Å²) >= 11 is 0. The minimum atomic E-state index is 0.0282. The first-order valence-corrected chi connectivity index (χ1v) is 8.91. The van der Waals surface area contributed by atoms with Gasteiger partial charge in [-0.1, -0.05) is 24.3 Å². The van der Waals surface area contributed by atoms with Gasteiger partial charge in [0.15, 0.2) is 0 Å². The summed E-state index contributed by atoms with van der Waals surface area (Å²) in [5, 5.41) is 4.30. The molecule has 1 aliphatic rings. The van der Waals surface area contributed by atoms with E-state index >= 15 is 0 Å². The van der Waals surface area contributed by atoms with E-state index < -0.39 is 0 Å². The van der Waals surface area contributed by atoms with E-state index in [1.807, 2.05) is 18.6 Å². The Kier molecular flexibility index (Phi) is 4.29. The molecular formula is C21H22N4O. The van der Waals surface area contributed by atoms with E-state index in [1.54, 1.807) is 29.9 Å². The highest BCUT2D eigenvalue weighted by Gasteiger charge is 2.16. The second-order valence-electron chi connectivity index (χ2n) is 6.97. The fraction of sp³-hybridized carbons (Fsp3) is 0.286. The highest BCUT2D eigenvalue weighted by atomic mass is 16.2. The Hall–Kier alpha value is -2.95. The van der Waals surface area contributed by atoms with Crippen LogP contribution in [-0.4, -0.2) is 39.7 Å². The third-order valence-corrected chi connectivity index (χ3v) is 4.98. The van der Waals surface area contributed by atoms with Gasteiger partial charge in [-0.25, -0.2) is 0 Å². The predicted molar refractivity (Wildman–Crippen MR) is 102 cm³/mol. The number of aryl methyl sites for hydroxylation is 1. The van der Waals surface area contributed by atoms with Crippen molar-refractivity contribution >= 4 is 5.91 Å². The van der Waals surface area contributed by atoms with Crippen LogP contribution < -0.4 is 0 Å². The van der Waals surface area contributed by atoms with Gasteiger partial charge in [0.25, 0.3) is 0 Å². The molecule has 0 atom stereocenters. The molecule has 26 heavy (non-hydrogen) atoms. The van der Waals surface area contributed by atoms with Crippen LogP contribution in [0, 0.1) is 0 Å². The zero-order chi connectivity index (χ0) is 18.1. The first-order valence-electron chi connectivity index (χ1n) is 8.91. The van der Waals surface area contributed by atoms with Crippen molar-refractivity contribution < 1.29 is 4.79 Å². The summed E-state index contributed by atoms with van der Waals surface area (Å²) in [6.45, 7) is 0.257. The number of amides is 1. The maximum atomic E-state index is 11.8. The van der Waals surface area contributed by atoms with Crippen LogP contribution in [0.1, 0.15) is 17.5 Å². The summed E-state index contributed by atoms with van der Waals surface area (Å²) in [5.74, 6) is 0.0282. The number of fused-ring (bicyclic) bond motifs is 1. The van der Waals surface area contributed by atoms with Crippen molar-refractivity contribution in [2.75, 3.05) is 14.1 Å². The van der Waals surface area contributed by atoms with Crippen LogP contribution in [0.3, 0.4) is 0 Å². The molecule has 2 aromatic heterocycles. The number of carbonyl (C=O) groups is 1. The lowest BCUT2D eigenvalue weighted by Gasteiger charge is -2.09. The molecule has 1 aliphatic carbocycles. The van der Waals surface area contributed by atoms with E-state index in [9.17, 15) is 4.79 Å². The van der Waals surface area contributed by atoms with Gasteiger partial charge in [0.1, 0.15) is 6.54 Å². The van der Waals surface area contributed by atoms with Gasteiger partial charge in [0.2, 0.25) is 5.91 Å². The van der Waals surface area contributed by atoms with Gasteiger partial charge in [-0.3, -0.25) is 14.5 Å². The molecule has 0 spiro atoms. The Morgan fingerprint density at radius 3 is 2.58 bits per heavy atom. The maximum Gasteiger partial charge on any atom is 0.243 e. The summed E-state index contributed by atoms with van der Waals surface area (Å²) in [4.78, 5) is 17.8. The molecule has 0 N–H and O–H groups in total. The van der Waals surface area contributed by atoms with E-state index in [0.29, 0.717) is 0 Å². The number of hydrogen-bond acceptors (Lipinski definition) is 3. The molecule has 1 aromatic carbocycles. The van der Waals surface area contributed by atoms with Crippen molar-refractivity contribution in [3.8, 4) is 22.3 Å². The van der Waals surface area contributed by atoms with Crippen molar-refractivity contribution in [2.24, 2.45) is 0 Å². The van der Waals surface area contributed by atoms with Gasteiger partial charge < -0.3 is 4.90 Å². The molecule has 0 saturated carbocycles. The summed E-state index contributed by atoms with van der Waals surface area (Å²) in [7, 11) is 3.50. The van der Waals surface area contributed by atoms with Crippen LogP contribution in [0.4, 0.5) is 0 Å². The molecule has 5 heteroatoms. The van der Waals surface area contributed by atoms with Crippen LogP contribution in [0.25, 0.3) is 22.3 Å². The maximum absolute atomic E-state index is 11.8. The number of carbonyl (C=O) groups excluding carboxylic acids is 1. The van der Waals surface area contributed by atoms with E-state index in [0.717, 1.165) is 24.0 Å². The predicted octanol–water partition coefficient (Wildman–Crippen LogP) is 3.19. The van der Waals surface area contributed by atoms with Crippen molar-refractivity contribution in [1.82, 2.24) is 19.7 Å². The van der Waals surface area contributed by atoms with E-state index in [2.05, 4.69) is 34.3 Å². The van der Waals surface area contributed by atoms with Crippen LogP contribution in [0.15, 0.2) is 49.1 Å². The average Bonchev–Trinajstić information content (AvgIpc) is 3.30. The van der Waals surface area contributed by atoms with Crippen LogP contribution in [0.5, 0.6) is 0 Å². The van der Waals surface area contributed by atoms with Crippen molar-refractivity contribution in [3.63, 3.8) is 0 Å². The number of aromatic nitrogens is 3. The van der Waals surface area contributed by atoms with Gasteiger partial charge in [-0.15, -0.1) is 0 Å². The van der Waals surface area contributed by atoms with Crippen LogP contribution >= 0.6 is 0 Å². The fourth-order valence-corrected chi connectivity index (χ4v) is 3.47. The van der Waals surface area contributed by atoms with Gasteiger partial charge in [-0.2, -0.15) is 5.10 Å². The summed E-state index contributed by atoms with van der Waals surface area (Å²) in [5.41, 5.74) is 7.40. The number of rotatable bonds is 4. The van der Waals surface area contributed by atoms with Gasteiger partial charge in [0.05, 0.1) is 6.20 Å². The lowest BCUT2D eigenvalue weighted by molar-refractivity contribution is -0.129. The first kappa shape index (κ1) is 16.5. The number of hydrogen-bond donors (Lipinski definition) is 0. The topological polar surface area (TPSA) is 51.0 Å². The van der Waals surface area contributed by atoms with Crippen LogP contribution in [0.2, 0.25) is 0 Å². The van der Waals surface area contributed by atoms with Crippen LogP contribution in [-0.2, 0) is 24.2 Å². The zero-order valence-electron chi connectivity index (χ0n) is 15.1. The number of benzene rings is 1.